The van der Waals surface area contributed by atoms with Gasteiger partial charge in [0.15, 0.2) is 0 Å². The van der Waals surface area contributed by atoms with E-state index in [0.29, 0.717) is 41.8 Å². The minimum atomic E-state index is -4.08. The number of rotatable bonds is 8. The molecule has 0 bridgehead atoms. The number of ketones is 1. The summed E-state index contributed by atoms with van der Waals surface area (Å²) in [5.41, 5.74) is 0.247. The molecule has 0 aliphatic heterocycles. The van der Waals surface area contributed by atoms with E-state index < -0.39 is 15.9 Å². The van der Waals surface area contributed by atoms with E-state index in [2.05, 4.69) is 33.0 Å². The number of aliphatic hydroxyl groups is 1. The van der Waals surface area contributed by atoms with Crippen LogP contribution in [0, 0.1) is 52.3 Å². The molecule has 36 heavy (non-hydrogen) atoms. The third kappa shape index (κ3) is 5.03. The summed E-state index contributed by atoms with van der Waals surface area (Å²) in [6.45, 7) is 9.13. The molecule has 0 aromatic carbocycles. The molecule has 8 heteroatoms. The summed E-state index contributed by atoms with van der Waals surface area (Å²) < 4.78 is 30.6. The van der Waals surface area contributed by atoms with Gasteiger partial charge >= 0.3 is 0 Å². The van der Waals surface area contributed by atoms with Crippen molar-refractivity contribution >= 4 is 21.8 Å². The first-order valence-corrected chi connectivity index (χ1v) is 15.9. The van der Waals surface area contributed by atoms with Gasteiger partial charge in [0, 0.05) is 24.8 Å². The van der Waals surface area contributed by atoms with E-state index in [0.717, 1.165) is 57.8 Å². The molecule has 4 aliphatic rings. The van der Waals surface area contributed by atoms with Crippen LogP contribution in [0.3, 0.4) is 0 Å². The molecule has 0 spiro atoms. The molecule has 10 atom stereocenters. The van der Waals surface area contributed by atoms with Crippen LogP contribution in [0.4, 0.5) is 0 Å². The van der Waals surface area contributed by atoms with Crippen molar-refractivity contribution in [3.05, 3.63) is 0 Å². The second kappa shape index (κ2) is 10.3. The number of hydrogen-bond donors (Lipinski definition) is 3. The fourth-order valence-electron chi connectivity index (χ4n) is 9.58. The number of fused-ring (bicyclic) bond motifs is 5. The third-order valence-corrected chi connectivity index (χ3v) is 12.1. The van der Waals surface area contributed by atoms with Crippen LogP contribution in [-0.2, 0) is 19.7 Å². The highest BCUT2D eigenvalue weighted by Gasteiger charge is 2.65. The molecule has 0 aromatic rings. The predicted molar refractivity (Wildman–Crippen MR) is 139 cm³/mol. The van der Waals surface area contributed by atoms with Crippen molar-refractivity contribution in [2.24, 2.45) is 52.3 Å². The van der Waals surface area contributed by atoms with Crippen molar-refractivity contribution < 1.29 is 27.7 Å². The van der Waals surface area contributed by atoms with Gasteiger partial charge in [-0.1, -0.05) is 27.7 Å². The van der Waals surface area contributed by atoms with E-state index in [9.17, 15) is 23.1 Å². The first-order valence-electron chi connectivity index (χ1n) is 14.3. The van der Waals surface area contributed by atoms with Crippen LogP contribution in [0.25, 0.3) is 0 Å². The SMILES string of the molecule is CCC1C(=O)C2C3CCC(C(C)CCC(=O)NCCS(=O)(=O)O)C3(C)CCC2C2(C)CCC(O)CC12. The number of carbonyl (C=O) groups is 2. The molecule has 4 aliphatic carbocycles. The van der Waals surface area contributed by atoms with E-state index in [-0.39, 0.29) is 41.2 Å². The maximum atomic E-state index is 14.0. The molecule has 4 rings (SSSR count). The summed E-state index contributed by atoms with van der Waals surface area (Å²) >= 11 is 0. The van der Waals surface area contributed by atoms with Crippen LogP contribution in [-0.4, -0.2) is 48.2 Å². The van der Waals surface area contributed by atoms with Crippen molar-refractivity contribution in [3.63, 3.8) is 0 Å². The first kappa shape index (κ1) is 28.0. The summed E-state index contributed by atoms with van der Waals surface area (Å²) in [6, 6.07) is 0. The van der Waals surface area contributed by atoms with Gasteiger partial charge in [0.05, 0.1) is 11.9 Å². The van der Waals surface area contributed by atoms with Crippen LogP contribution in [0.1, 0.15) is 91.9 Å². The molecule has 7 nitrogen and oxygen atoms in total. The van der Waals surface area contributed by atoms with E-state index in [1.807, 2.05) is 0 Å². The van der Waals surface area contributed by atoms with E-state index >= 15 is 0 Å². The Labute approximate surface area is 217 Å². The van der Waals surface area contributed by atoms with E-state index in [1.54, 1.807) is 0 Å². The van der Waals surface area contributed by atoms with Crippen molar-refractivity contribution in [1.82, 2.24) is 5.32 Å². The summed E-state index contributed by atoms with van der Waals surface area (Å²) in [5, 5.41) is 13.0. The van der Waals surface area contributed by atoms with Crippen LogP contribution in [0.2, 0.25) is 0 Å². The molecule has 0 heterocycles. The standard InChI is InChI=1S/C28H47NO6S/c1-5-19-23-16-18(30)10-12-28(23,4)22-11-13-27(3)20(7-8-21(27)25(22)26(19)32)17(2)6-9-24(31)29-14-15-36(33,34)35/h17-23,25,30H,5-16H2,1-4H3,(H,29,31)(H,33,34,35). The van der Waals surface area contributed by atoms with Crippen LogP contribution < -0.4 is 5.32 Å². The molecule has 0 aromatic heterocycles. The lowest BCUT2D eigenvalue weighted by Crippen LogP contribution is -2.60. The summed E-state index contributed by atoms with van der Waals surface area (Å²) in [7, 11) is -4.08. The van der Waals surface area contributed by atoms with E-state index in [1.165, 1.54) is 0 Å². The smallest absolute Gasteiger partial charge is 0.266 e. The van der Waals surface area contributed by atoms with Gasteiger partial charge in [0.2, 0.25) is 5.91 Å². The number of nitrogens with one attached hydrogen (secondary N) is 1. The Bertz CT molecular complexity index is 952. The number of carbonyl (C=O) groups excluding carboxylic acids is 2. The lowest BCUT2D eigenvalue weighted by Gasteiger charge is -2.62. The van der Waals surface area contributed by atoms with Crippen molar-refractivity contribution in [2.45, 2.75) is 98.0 Å². The van der Waals surface area contributed by atoms with Crippen LogP contribution >= 0.6 is 0 Å². The van der Waals surface area contributed by atoms with E-state index in [4.69, 9.17) is 4.55 Å². The van der Waals surface area contributed by atoms with Gasteiger partial charge in [-0.2, -0.15) is 8.42 Å². The number of Topliss-reactive ketones (excluding diaryl/α,β-unsaturated/α-hetero) is 1. The molecule has 1 amide bonds. The quantitative estimate of drug-likeness (QED) is 0.408. The molecule has 206 valence electrons. The van der Waals surface area contributed by atoms with Gasteiger partial charge in [-0.25, -0.2) is 0 Å². The number of hydrogen-bond acceptors (Lipinski definition) is 5. The first-order chi connectivity index (χ1) is 16.8. The number of aliphatic hydroxyl groups excluding tert-OH is 1. The van der Waals surface area contributed by atoms with Crippen LogP contribution in [0.15, 0.2) is 0 Å². The third-order valence-electron chi connectivity index (χ3n) is 11.4. The van der Waals surface area contributed by atoms with Crippen LogP contribution in [0.5, 0.6) is 0 Å². The molecular formula is C28H47NO6S. The Morgan fingerprint density at radius 1 is 1.08 bits per heavy atom. The Morgan fingerprint density at radius 3 is 2.42 bits per heavy atom. The zero-order chi connectivity index (χ0) is 26.5. The molecule has 0 radical (unpaired) electrons. The minimum absolute atomic E-state index is 0.0662. The molecule has 4 saturated carbocycles. The van der Waals surface area contributed by atoms with Gasteiger partial charge in [-0.05, 0) is 98.2 Å². The van der Waals surface area contributed by atoms with Crippen molar-refractivity contribution in [1.29, 1.82) is 0 Å². The Balaban J connectivity index is 1.45. The minimum Gasteiger partial charge on any atom is -0.393 e. The highest BCUT2D eigenvalue weighted by molar-refractivity contribution is 7.85. The second-order valence-electron chi connectivity index (χ2n) is 13.1. The highest BCUT2D eigenvalue weighted by atomic mass is 32.2. The zero-order valence-corrected chi connectivity index (χ0v) is 23.4. The lowest BCUT2D eigenvalue weighted by molar-refractivity contribution is -0.173. The Kier molecular flexibility index (Phi) is 8.01. The fraction of sp³-hybridized carbons (Fsp3) is 0.929. The number of amides is 1. The van der Waals surface area contributed by atoms with Gasteiger partial charge in [-0.3, -0.25) is 14.1 Å². The molecule has 4 fully saturated rings. The van der Waals surface area contributed by atoms with Crippen molar-refractivity contribution in [2.75, 3.05) is 12.3 Å². The van der Waals surface area contributed by atoms with Crippen molar-refractivity contribution in [3.8, 4) is 0 Å². The second-order valence-corrected chi connectivity index (χ2v) is 14.6. The lowest BCUT2D eigenvalue weighted by atomic mass is 9.42. The topological polar surface area (TPSA) is 121 Å². The fourth-order valence-corrected chi connectivity index (χ4v) is 9.94. The maximum Gasteiger partial charge on any atom is 0.266 e. The maximum absolute atomic E-state index is 14.0. The molecule has 0 saturated heterocycles. The normalized spacial score (nSPS) is 43.3. The predicted octanol–water partition coefficient (Wildman–Crippen LogP) is 4.24. The summed E-state index contributed by atoms with van der Waals surface area (Å²) in [6.07, 6.45) is 8.73. The molecule has 10 unspecified atom stereocenters. The Hall–Kier alpha value is -0.990. The zero-order valence-electron chi connectivity index (χ0n) is 22.5. The average molecular weight is 526 g/mol. The highest BCUT2D eigenvalue weighted by Crippen LogP contribution is 2.68. The molecular weight excluding hydrogens is 478 g/mol. The van der Waals surface area contributed by atoms with Gasteiger partial charge < -0.3 is 10.4 Å². The Morgan fingerprint density at radius 2 is 1.75 bits per heavy atom. The van der Waals surface area contributed by atoms with Gasteiger partial charge in [-0.15, -0.1) is 0 Å². The summed E-state index contributed by atoms with van der Waals surface area (Å²) in [5.74, 6) is 1.97. The van der Waals surface area contributed by atoms with Gasteiger partial charge in [0.25, 0.3) is 10.1 Å². The monoisotopic (exact) mass is 525 g/mol. The molecule has 3 N–H and O–H groups in total. The average Bonchev–Trinajstić information content (AvgIpc) is 3.15. The summed E-state index contributed by atoms with van der Waals surface area (Å²) in [4.78, 5) is 26.3. The van der Waals surface area contributed by atoms with Gasteiger partial charge in [0.1, 0.15) is 5.78 Å². The largest absolute Gasteiger partial charge is 0.393 e.